The third kappa shape index (κ3) is 5.01. The first-order chi connectivity index (χ1) is 22.9. The maximum absolute atomic E-state index is 14.3. The Kier molecular flexibility index (Phi) is 7.58. The van der Waals surface area contributed by atoms with Gasteiger partial charge in [0.2, 0.25) is 11.8 Å². The molecule has 9 nitrogen and oxygen atoms in total. The highest BCUT2D eigenvalue weighted by molar-refractivity contribution is 6.25. The van der Waals surface area contributed by atoms with Crippen molar-refractivity contribution in [1.82, 2.24) is 0 Å². The van der Waals surface area contributed by atoms with Crippen molar-refractivity contribution in [3.63, 3.8) is 0 Å². The topological polar surface area (TPSA) is 120 Å². The van der Waals surface area contributed by atoms with E-state index in [0.717, 1.165) is 16.8 Å². The number of hydrogen-bond donors (Lipinski definition) is 1. The van der Waals surface area contributed by atoms with Gasteiger partial charge in [0.05, 0.1) is 28.9 Å². The summed E-state index contributed by atoms with van der Waals surface area (Å²) in [4.78, 5) is 58.5. The molecule has 7 rings (SSSR count). The molecular weight excluding hydrogens is 604 g/mol. The van der Waals surface area contributed by atoms with Gasteiger partial charge in [-0.05, 0) is 111 Å². The minimum atomic E-state index is -0.674. The monoisotopic (exact) mass is 640 g/mol. The summed E-state index contributed by atoms with van der Waals surface area (Å²) in [5, 5.41) is 19.2. The van der Waals surface area contributed by atoms with Gasteiger partial charge in [0.15, 0.2) is 11.6 Å². The van der Waals surface area contributed by atoms with Crippen LogP contribution >= 0.6 is 0 Å². The van der Waals surface area contributed by atoms with E-state index in [0.29, 0.717) is 51.3 Å². The average Bonchev–Trinajstić information content (AvgIpc) is 3.33. The molecule has 0 radical (unpaired) electrons. The zero-order valence-corrected chi connectivity index (χ0v) is 27.5. The number of rotatable bonds is 5. The molecule has 48 heavy (non-hydrogen) atoms. The number of ketones is 2. The minimum absolute atomic E-state index is 0.179. The maximum Gasteiger partial charge on any atom is 0.238 e. The van der Waals surface area contributed by atoms with Gasteiger partial charge in [-0.15, -0.1) is 0 Å². The van der Waals surface area contributed by atoms with E-state index in [1.807, 2.05) is 61.5 Å². The molecular formula is C39H36N4O5. The first-order valence-electron chi connectivity index (χ1n) is 16.1. The number of phenolic OH excluding ortho intramolecular Hbond substituents is 1. The lowest BCUT2D eigenvalue weighted by molar-refractivity contribution is -0.123. The number of Topliss-reactive ketones (excluding diaryl/α,β-unsaturated/α-hetero) is 1. The molecule has 1 fully saturated rings. The molecule has 0 aromatic heterocycles. The fourth-order valence-electron chi connectivity index (χ4n) is 7.77. The highest BCUT2D eigenvalue weighted by atomic mass is 16.3. The Morgan fingerprint density at radius 3 is 2.02 bits per heavy atom. The van der Waals surface area contributed by atoms with E-state index in [-0.39, 0.29) is 35.6 Å². The molecule has 1 heterocycles. The van der Waals surface area contributed by atoms with Crippen LogP contribution in [0.2, 0.25) is 0 Å². The molecule has 9 heteroatoms. The Balaban J connectivity index is 1.20. The van der Waals surface area contributed by atoms with Crippen molar-refractivity contribution in [2.45, 2.75) is 39.5 Å². The number of aromatic hydroxyl groups is 1. The van der Waals surface area contributed by atoms with Gasteiger partial charge < -0.3 is 10.0 Å². The highest BCUT2D eigenvalue weighted by Gasteiger charge is 2.56. The van der Waals surface area contributed by atoms with Crippen LogP contribution in [0.5, 0.6) is 5.75 Å². The van der Waals surface area contributed by atoms with Crippen molar-refractivity contribution in [2.75, 3.05) is 23.9 Å². The Bertz CT molecular complexity index is 2010. The Labute approximate surface area is 279 Å². The summed E-state index contributed by atoms with van der Waals surface area (Å²) in [6.45, 7) is 5.24. The largest absolute Gasteiger partial charge is 0.507 e. The summed E-state index contributed by atoms with van der Waals surface area (Å²) in [5.41, 5.74) is 6.99. The van der Waals surface area contributed by atoms with Crippen LogP contribution in [0.15, 0.2) is 105 Å². The second-order valence-corrected chi connectivity index (χ2v) is 13.4. The SMILES string of the molecule is CC1=CC(=O)C2=C(C[C@@H]3C(=CC[C@@H]4C(=O)N(c5ccc(N=Nc6ccc(N(C)C)cc6)cc5)C(=O)[C@@H]43)[C@@H]2c2cc(C)c(O)c(C)c2)C1=O. The van der Waals surface area contributed by atoms with Gasteiger partial charge >= 0.3 is 0 Å². The van der Waals surface area contributed by atoms with Crippen LogP contribution in [0.3, 0.4) is 0 Å². The van der Waals surface area contributed by atoms with E-state index < -0.39 is 23.7 Å². The van der Waals surface area contributed by atoms with Gasteiger partial charge in [-0.1, -0.05) is 23.8 Å². The fourth-order valence-corrected chi connectivity index (χ4v) is 7.77. The number of imide groups is 1. The summed E-state index contributed by atoms with van der Waals surface area (Å²) < 4.78 is 0. The molecule has 2 amide bonds. The normalized spacial score (nSPS) is 23.6. The van der Waals surface area contributed by atoms with Crippen molar-refractivity contribution < 1.29 is 24.3 Å². The van der Waals surface area contributed by atoms with Crippen molar-refractivity contribution in [2.24, 2.45) is 28.0 Å². The van der Waals surface area contributed by atoms with E-state index >= 15 is 0 Å². The highest BCUT2D eigenvalue weighted by Crippen LogP contribution is 2.55. The molecule has 3 aliphatic carbocycles. The lowest BCUT2D eigenvalue weighted by Gasteiger charge is -2.42. The number of carbonyl (C=O) groups excluding carboxylic acids is 4. The molecule has 0 saturated carbocycles. The lowest BCUT2D eigenvalue weighted by atomic mass is 9.59. The number of carbonyl (C=O) groups is 4. The first kappa shape index (κ1) is 31.2. The van der Waals surface area contributed by atoms with Crippen LogP contribution in [0.1, 0.15) is 42.4 Å². The molecule has 1 saturated heterocycles. The first-order valence-corrected chi connectivity index (χ1v) is 16.1. The smallest absolute Gasteiger partial charge is 0.238 e. The van der Waals surface area contributed by atoms with E-state index in [1.54, 1.807) is 45.0 Å². The van der Waals surface area contributed by atoms with Crippen LogP contribution in [0.4, 0.5) is 22.7 Å². The molecule has 4 aliphatic rings. The number of phenols is 1. The second kappa shape index (κ2) is 11.7. The Morgan fingerprint density at radius 1 is 0.812 bits per heavy atom. The molecule has 0 spiro atoms. The van der Waals surface area contributed by atoms with Gasteiger partial charge in [-0.3, -0.25) is 24.1 Å². The Morgan fingerprint density at radius 2 is 1.42 bits per heavy atom. The number of azo groups is 1. The average molecular weight is 641 g/mol. The third-order valence-electron chi connectivity index (χ3n) is 10.2. The third-order valence-corrected chi connectivity index (χ3v) is 10.2. The van der Waals surface area contributed by atoms with Crippen molar-refractivity contribution in [1.29, 1.82) is 0 Å². The van der Waals surface area contributed by atoms with Crippen LogP contribution in [0.25, 0.3) is 0 Å². The molecule has 1 aliphatic heterocycles. The minimum Gasteiger partial charge on any atom is -0.507 e. The van der Waals surface area contributed by atoms with Gasteiger partial charge in [0.25, 0.3) is 0 Å². The number of hydrogen-bond acceptors (Lipinski definition) is 8. The number of allylic oxidation sites excluding steroid dienone is 6. The summed E-state index contributed by atoms with van der Waals surface area (Å²) in [6, 6.07) is 18.2. The van der Waals surface area contributed by atoms with Crippen molar-refractivity contribution in [3.8, 4) is 5.75 Å². The molecule has 3 aromatic rings. The van der Waals surface area contributed by atoms with Crippen LogP contribution in [0, 0.1) is 31.6 Å². The summed E-state index contributed by atoms with van der Waals surface area (Å²) in [6.07, 6.45) is 3.97. The molecule has 3 aromatic carbocycles. The zero-order chi connectivity index (χ0) is 34.0. The number of anilines is 2. The number of amides is 2. The Hall–Kier alpha value is -5.44. The van der Waals surface area contributed by atoms with Crippen molar-refractivity contribution >= 4 is 46.1 Å². The van der Waals surface area contributed by atoms with Crippen LogP contribution in [-0.2, 0) is 19.2 Å². The zero-order valence-electron chi connectivity index (χ0n) is 27.5. The molecule has 1 N–H and O–H groups in total. The second-order valence-electron chi connectivity index (χ2n) is 13.4. The van der Waals surface area contributed by atoms with E-state index in [4.69, 9.17) is 0 Å². The van der Waals surface area contributed by atoms with Crippen molar-refractivity contribution in [3.05, 3.63) is 112 Å². The van der Waals surface area contributed by atoms with E-state index in [1.165, 1.54) is 11.0 Å². The van der Waals surface area contributed by atoms with Gasteiger partial charge in [-0.25, -0.2) is 0 Å². The lowest BCUT2D eigenvalue weighted by Crippen LogP contribution is -2.39. The van der Waals surface area contributed by atoms with Crippen LogP contribution in [-0.4, -0.2) is 42.6 Å². The van der Waals surface area contributed by atoms with Gasteiger partial charge in [-0.2, -0.15) is 10.2 Å². The predicted molar refractivity (Wildman–Crippen MR) is 183 cm³/mol. The van der Waals surface area contributed by atoms with Crippen LogP contribution < -0.4 is 9.80 Å². The molecule has 0 bridgehead atoms. The fraction of sp³-hybridized carbons (Fsp3) is 0.282. The number of benzene rings is 3. The summed E-state index contributed by atoms with van der Waals surface area (Å²) >= 11 is 0. The van der Waals surface area contributed by atoms with E-state index in [2.05, 4.69) is 10.2 Å². The predicted octanol–water partition coefficient (Wildman–Crippen LogP) is 7.12. The maximum atomic E-state index is 14.3. The summed E-state index contributed by atoms with van der Waals surface area (Å²) in [7, 11) is 3.93. The molecule has 4 atom stereocenters. The van der Waals surface area contributed by atoms with E-state index in [9.17, 15) is 24.3 Å². The van der Waals surface area contributed by atoms with Gasteiger partial charge in [0, 0.05) is 42.4 Å². The standard InChI is InChI=1S/C39H36N4O5/c1-20-16-23(17-21(2)36(20)45)33-28-14-15-29-34(30(28)19-31-35(33)32(44)18-22(3)37(31)46)39(48)43(38(29)47)27-12-8-25(9-13-27)41-40-24-6-10-26(11-7-24)42(4)5/h6-14,16-18,29-30,33-34,45H,15,19H2,1-5H3/t29-,30+,33-,34-/m0/s1. The number of nitrogens with zero attached hydrogens (tertiary/aromatic N) is 4. The van der Waals surface area contributed by atoms with Gasteiger partial charge in [0.1, 0.15) is 5.75 Å². The summed E-state index contributed by atoms with van der Waals surface area (Å²) in [5.74, 6) is -3.05. The molecule has 0 unspecified atom stereocenters. The number of aryl methyl sites for hydroxylation is 2. The number of fused-ring (bicyclic) bond motifs is 3. The quantitative estimate of drug-likeness (QED) is 0.137. The molecule has 242 valence electrons.